The molecule has 2 atom stereocenters. The Kier molecular flexibility index (Phi) is 3.86. The number of nitrogens with zero attached hydrogens (tertiary/aromatic N) is 1. The average molecular weight is 270 g/mol. The highest BCUT2D eigenvalue weighted by molar-refractivity contribution is 8.00. The van der Waals surface area contributed by atoms with Gasteiger partial charge in [-0.25, -0.2) is 4.98 Å². The van der Waals surface area contributed by atoms with Crippen molar-refractivity contribution < 1.29 is 0 Å². The molecule has 4 heteroatoms. The van der Waals surface area contributed by atoms with Crippen LogP contribution in [0.15, 0.2) is 0 Å². The number of aryl methyl sites for hydroxylation is 2. The van der Waals surface area contributed by atoms with E-state index in [0.29, 0.717) is 11.3 Å². The summed E-state index contributed by atoms with van der Waals surface area (Å²) < 4.78 is 0. The lowest BCUT2D eigenvalue weighted by Crippen LogP contribution is -2.49. The number of hydrogen-bond donors (Lipinski definition) is 1. The van der Waals surface area contributed by atoms with Crippen LogP contribution < -0.4 is 5.32 Å². The topological polar surface area (TPSA) is 24.9 Å². The summed E-state index contributed by atoms with van der Waals surface area (Å²) in [4.78, 5) is 6.17. The van der Waals surface area contributed by atoms with E-state index >= 15 is 0 Å². The van der Waals surface area contributed by atoms with Gasteiger partial charge in [-0.2, -0.15) is 11.8 Å². The molecule has 0 spiro atoms. The Morgan fingerprint density at radius 3 is 2.53 bits per heavy atom. The first-order valence-corrected chi connectivity index (χ1v) is 8.16. The lowest BCUT2D eigenvalue weighted by Gasteiger charge is -2.34. The van der Waals surface area contributed by atoms with E-state index in [4.69, 9.17) is 4.98 Å². The van der Waals surface area contributed by atoms with Crippen LogP contribution >= 0.6 is 23.1 Å². The number of aromatic nitrogens is 1. The van der Waals surface area contributed by atoms with Crippen LogP contribution in [0.2, 0.25) is 0 Å². The third-order valence-corrected chi connectivity index (χ3v) is 6.11. The Bertz CT molecular complexity index is 381. The molecule has 2 rings (SSSR count). The molecule has 1 N–H and O–H groups in total. The summed E-state index contributed by atoms with van der Waals surface area (Å²) in [6.45, 7) is 11.1. The molecule has 0 aliphatic carbocycles. The van der Waals surface area contributed by atoms with Gasteiger partial charge in [0.25, 0.3) is 0 Å². The van der Waals surface area contributed by atoms with Crippen molar-refractivity contribution >= 4 is 23.1 Å². The van der Waals surface area contributed by atoms with Gasteiger partial charge in [-0.05, 0) is 39.9 Å². The standard InChI is InChI=1S/C13H22N2S2/c1-8(2)15-13(6-7-16-11(13)5)12-14-9(3)10(4)17-12/h8,11,15H,6-7H2,1-5H3. The first-order valence-electron chi connectivity index (χ1n) is 6.29. The Balaban J connectivity index is 2.39. The van der Waals surface area contributed by atoms with Crippen molar-refractivity contribution in [3.05, 3.63) is 15.6 Å². The van der Waals surface area contributed by atoms with E-state index in [1.165, 1.54) is 27.8 Å². The molecular formula is C13H22N2S2. The van der Waals surface area contributed by atoms with E-state index in [9.17, 15) is 0 Å². The fourth-order valence-corrected chi connectivity index (χ4v) is 5.09. The maximum atomic E-state index is 4.81. The normalized spacial score (nSPS) is 29.2. The van der Waals surface area contributed by atoms with Gasteiger partial charge in [-0.3, -0.25) is 0 Å². The van der Waals surface area contributed by atoms with Gasteiger partial charge in [0.1, 0.15) is 5.01 Å². The molecule has 0 radical (unpaired) electrons. The van der Waals surface area contributed by atoms with Crippen molar-refractivity contribution in [2.45, 2.75) is 57.9 Å². The molecule has 1 saturated heterocycles. The Labute approximate surface area is 113 Å². The molecule has 1 aromatic rings. The van der Waals surface area contributed by atoms with E-state index < -0.39 is 0 Å². The summed E-state index contributed by atoms with van der Waals surface area (Å²) in [5, 5.41) is 5.69. The highest BCUT2D eigenvalue weighted by Gasteiger charge is 2.45. The summed E-state index contributed by atoms with van der Waals surface area (Å²) in [5.41, 5.74) is 1.29. The van der Waals surface area contributed by atoms with E-state index in [-0.39, 0.29) is 5.54 Å². The second-order valence-electron chi connectivity index (χ2n) is 5.19. The molecule has 1 aliphatic rings. The Morgan fingerprint density at radius 1 is 1.41 bits per heavy atom. The molecule has 1 aromatic heterocycles. The van der Waals surface area contributed by atoms with E-state index in [1.54, 1.807) is 0 Å². The van der Waals surface area contributed by atoms with Gasteiger partial charge in [0.15, 0.2) is 0 Å². The molecule has 1 aliphatic heterocycles. The van der Waals surface area contributed by atoms with Crippen molar-refractivity contribution in [2.75, 3.05) is 5.75 Å². The zero-order valence-corrected chi connectivity index (χ0v) is 13.0. The molecule has 0 saturated carbocycles. The number of thioether (sulfide) groups is 1. The first-order chi connectivity index (χ1) is 7.95. The van der Waals surface area contributed by atoms with E-state index in [0.717, 1.165) is 0 Å². The minimum Gasteiger partial charge on any atom is -0.302 e. The van der Waals surface area contributed by atoms with E-state index in [1.807, 2.05) is 11.3 Å². The average Bonchev–Trinajstić information content (AvgIpc) is 2.73. The summed E-state index contributed by atoms with van der Waals surface area (Å²) >= 11 is 3.93. The maximum absolute atomic E-state index is 4.81. The van der Waals surface area contributed by atoms with Crippen LogP contribution in [-0.4, -0.2) is 22.0 Å². The van der Waals surface area contributed by atoms with Crippen LogP contribution in [0.25, 0.3) is 0 Å². The van der Waals surface area contributed by atoms with Crippen molar-refractivity contribution in [2.24, 2.45) is 0 Å². The predicted molar refractivity (Wildman–Crippen MR) is 78.1 cm³/mol. The molecule has 2 nitrogen and oxygen atoms in total. The highest BCUT2D eigenvalue weighted by atomic mass is 32.2. The minimum atomic E-state index is 0.0997. The van der Waals surface area contributed by atoms with Crippen molar-refractivity contribution in [1.82, 2.24) is 10.3 Å². The lowest BCUT2D eigenvalue weighted by atomic mass is 9.92. The van der Waals surface area contributed by atoms with Crippen molar-refractivity contribution in [3.8, 4) is 0 Å². The quantitative estimate of drug-likeness (QED) is 0.910. The van der Waals surface area contributed by atoms with Crippen LogP contribution in [0, 0.1) is 13.8 Å². The zero-order valence-electron chi connectivity index (χ0n) is 11.3. The first kappa shape index (κ1) is 13.4. The minimum absolute atomic E-state index is 0.0997. The molecule has 2 heterocycles. The highest BCUT2D eigenvalue weighted by Crippen LogP contribution is 2.45. The fraction of sp³-hybridized carbons (Fsp3) is 0.769. The van der Waals surface area contributed by atoms with Gasteiger partial charge in [0.2, 0.25) is 0 Å². The third-order valence-electron chi connectivity index (χ3n) is 3.51. The second kappa shape index (κ2) is 4.90. The van der Waals surface area contributed by atoms with Gasteiger partial charge in [0, 0.05) is 16.2 Å². The number of rotatable bonds is 3. The molecule has 0 bridgehead atoms. The summed E-state index contributed by atoms with van der Waals surface area (Å²) in [5.74, 6) is 1.23. The largest absolute Gasteiger partial charge is 0.302 e. The van der Waals surface area contributed by atoms with Crippen LogP contribution in [0.1, 0.15) is 42.8 Å². The summed E-state index contributed by atoms with van der Waals surface area (Å²) in [6.07, 6.45) is 1.20. The van der Waals surface area contributed by atoms with Gasteiger partial charge < -0.3 is 5.32 Å². The SMILES string of the molecule is Cc1nc(C2(NC(C)C)CCSC2C)sc1C. The molecule has 17 heavy (non-hydrogen) atoms. The molecule has 0 aromatic carbocycles. The van der Waals surface area contributed by atoms with Crippen LogP contribution in [-0.2, 0) is 5.54 Å². The Hall–Kier alpha value is -0.0600. The number of thiazole rings is 1. The third kappa shape index (κ3) is 2.40. The molecular weight excluding hydrogens is 248 g/mol. The number of hydrogen-bond acceptors (Lipinski definition) is 4. The Morgan fingerprint density at radius 2 is 2.12 bits per heavy atom. The van der Waals surface area contributed by atoms with Gasteiger partial charge in [-0.15, -0.1) is 11.3 Å². The molecule has 1 fully saturated rings. The predicted octanol–water partition coefficient (Wildman–Crippen LogP) is 3.48. The zero-order chi connectivity index (χ0) is 12.6. The summed E-state index contributed by atoms with van der Waals surface area (Å²) in [6, 6.07) is 0.501. The van der Waals surface area contributed by atoms with Crippen LogP contribution in [0.4, 0.5) is 0 Å². The van der Waals surface area contributed by atoms with Crippen LogP contribution in [0.5, 0.6) is 0 Å². The van der Waals surface area contributed by atoms with Gasteiger partial charge in [-0.1, -0.05) is 6.92 Å². The number of nitrogens with one attached hydrogen (secondary N) is 1. The monoisotopic (exact) mass is 270 g/mol. The molecule has 0 amide bonds. The maximum Gasteiger partial charge on any atom is 0.114 e. The van der Waals surface area contributed by atoms with Gasteiger partial charge >= 0.3 is 0 Å². The van der Waals surface area contributed by atoms with Gasteiger partial charge in [0.05, 0.1) is 11.2 Å². The fourth-order valence-electron chi connectivity index (χ4n) is 2.45. The molecule has 96 valence electrons. The lowest BCUT2D eigenvalue weighted by molar-refractivity contribution is 0.304. The van der Waals surface area contributed by atoms with Crippen molar-refractivity contribution in [1.29, 1.82) is 0 Å². The van der Waals surface area contributed by atoms with E-state index in [2.05, 4.69) is 51.7 Å². The van der Waals surface area contributed by atoms with Crippen molar-refractivity contribution in [3.63, 3.8) is 0 Å². The molecule has 2 unspecified atom stereocenters. The smallest absolute Gasteiger partial charge is 0.114 e. The van der Waals surface area contributed by atoms with Crippen LogP contribution in [0.3, 0.4) is 0 Å². The summed E-state index contributed by atoms with van der Waals surface area (Å²) in [7, 11) is 0. The second-order valence-corrected chi connectivity index (χ2v) is 7.85.